The minimum absolute atomic E-state index is 0.364. The molecule has 0 saturated carbocycles. The van der Waals surface area contributed by atoms with Crippen LogP contribution in [0.3, 0.4) is 0 Å². The first kappa shape index (κ1) is 4.80. The summed E-state index contributed by atoms with van der Waals surface area (Å²) < 4.78 is 0.364. The fraction of sp³-hybridized carbons (Fsp3) is 1.00. The number of nitrogens with one attached hydrogen (secondary N) is 1. The molecule has 0 aromatic carbocycles. The summed E-state index contributed by atoms with van der Waals surface area (Å²) in [7, 11) is 0. The van der Waals surface area contributed by atoms with E-state index in [1.807, 2.05) is 0 Å². The normalized spacial score (nSPS) is 45.0. The van der Waals surface area contributed by atoms with Gasteiger partial charge in [-0.15, -0.1) is 0 Å². The van der Waals surface area contributed by atoms with Crippen molar-refractivity contribution >= 4 is 22.6 Å². The van der Waals surface area contributed by atoms with Crippen LogP contribution >= 0.6 is 22.6 Å². The molecule has 0 aromatic heterocycles. The van der Waals surface area contributed by atoms with Crippen LogP contribution < -0.4 is 5.06 Å². The van der Waals surface area contributed by atoms with Crippen molar-refractivity contribution in [3.63, 3.8) is 0 Å². The largest absolute Gasteiger partial charge is 0.634 e. The predicted molar refractivity (Wildman–Crippen MR) is 31.6 cm³/mol. The van der Waals surface area contributed by atoms with Crippen LogP contribution in [0.25, 0.3) is 0 Å². The highest BCUT2D eigenvalue weighted by Crippen LogP contribution is 2.01. The van der Waals surface area contributed by atoms with E-state index < -0.39 is 0 Å². The molecule has 0 radical (unpaired) electrons. The second-order valence-corrected chi connectivity index (χ2v) is 2.98. The highest BCUT2D eigenvalue weighted by atomic mass is 127. The summed E-state index contributed by atoms with van der Waals surface area (Å²) in [5.41, 5.74) is 0. The van der Waals surface area contributed by atoms with Crippen LogP contribution in [-0.4, -0.2) is 10.6 Å². The van der Waals surface area contributed by atoms with Gasteiger partial charge in [-0.1, -0.05) is 0 Å². The van der Waals surface area contributed by atoms with Crippen molar-refractivity contribution < 1.29 is 5.06 Å². The van der Waals surface area contributed by atoms with Gasteiger partial charge in [0.15, 0.2) is 0 Å². The van der Waals surface area contributed by atoms with Crippen molar-refractivity contribution in [3.8, 4) is 0 Å². The number of rotatable bonds is 0. The van der Waals surface area contributed by atoms with Gasteiger partial charge < -0.3 is 10.3 Å². The zero-order valence-electron chi connectivity index (χ0n) is 3.28. The van der Waals surface area contributed by atoms with Gasteiger partial charge >= 0.3 is 0 Å². The number of halogens is 1. The second-order valence-electron chi connectivity index (χ2n) is 1.47. The molecule has 0 spiro atoms. The van der Waals surface area contributed by atoms with Crippen LogP contribution in [-0.2, 0) is 0 Å². The molecule has 1 heterocycles. The molecule has 36 valence electrons. The van der Waals surface area contributed by atoms with E-state index in [-0.39, 0.29) is 0 Å². The van der Waals surface area contributed by atoms with Crippen LogP contribution in [0.15, 0.2) is 0 Å². The summed E-state index contributed by atoms with van der Waals surface area (Å²) in [6.45, 7) is 0.827. The molecule has 0 aliphatic carbocycles. The van der Waals surface area contributed by atoms with E-state index >= 15 is 0 Å². The summed E-state index contributed by atoms with van der Waals surface area (Å²) >= 11 is 2.17. The smallest absolute Gasteiger partial charge is 0.143 e. The Morgan fingerprint density at radius 1 is 1.83 bits per heavy atom. The molecule has 1 N–H and O–H groups in total. The van der Waals surface area contributed by atoms with Crippen LogP contribution in [0.1, 0.15) is 6.42 Å². The standard InChI is InChI=1S/C3H6INO/c4-3-1-2-5(3)6/h3,5H,1-2H2. The van der Waals surface area contributed by atoms with Crippen molar-refractivity contribution in [2.75, 3.05) is 6.54 Å². The average molecular weight is 199 g/mol. The van der Waals surface area contributed by atoms with Crippen molar-refractivity contribution in [1.82, 2.24) is 0 Å². The average Bonchev–Trinajstić information content (AvgIpc) is 1.61. The van der Waals surface area contributed by atoms with Gasteiger partial charge in [-0.25, -0.2) is 0 Å². The third-order valence-electron chi connectivity index (χ3n) is 0.994. The number of quaternary nitrogens is 1. The molecule has 1 saturated heterocycles. The number of hydrogen-bond acceptors (Lipinski definition) is 1. The van der Waals surface area contributed by atoms with Crippen molar-refractivity contribution in [3.05, 3.63) is 5.21 Å². The van der Waals surface area contributed by atoms with E-state index in [0.29, 0.717) is 9.11 Å². The quantitative estimate of drug-likeness (QED) is 0.243. The lowest BCUT2D eigenvalue weighted by molar-refractivity contribution is -0.897. The second kappa shape index (κ2) is 1.63. The van der Waals surface area contributed by atoms with Gasteiger partial charge in [0.25, 0.3) is 0 Å². The maximum atomic E-state index is 10.2. The molecule has 1 aliphatic rings. The van der Waals surface area contributed by atoms with Crippen LogP contribution in [0, 0.1) is 5.21 Å². The summed E-state index contributed by atoms with van der Waals surface area (Å²) in [5.74, 6) is 0. The lowest BCUT2D eigenvalue weighted by Gasteiger charge is -2.36. The van der Waals surface area contributed by atoms with E-state index in [9.17, 15) is 5.21 Å². The molecule has 0 amide bonds. The van der Waals surface area contributed by atoms with Crippen LogP contribution in [0.4, 0.5) is 0 Å². The third kappa shape index (κ3) is 0.665. The molecule has 6 heavy (non-hydrogen) atoms. The van der Waals surface area contributed by atoms with Crippen molar-refractivity contribution in [2.24, 2.45) is 0 Å². The molecule has 1 aliphatic heterocycles. The molecule has 2 atom stereocenters. The van der Waals surface area contributed by atoms with Crippen molar-refractivity contribution in [2.45, 2.75) is 10.5 Å². The Morgan fingerprint density at radius 3 is 2.33 bits per heavy atom. The van der Waals surface area contributed by atoms with Gasteiger partial charge in [-0.3, -0.25) is 0 Å². The summed E-state index contributed by atoms with van der Waals surface area (Å²) in [4.78, 5) is 0. The minimum Gasteiger partial charge on any atom is -0.634 e. The van der Waals surface area contributed by atoms with Gasteiger partial charge in [0.05, 0.1) is 13.0 Å². The fourth-order valence-corrected chi connectivity index (χ4v) is 0.994. The first-order valence-electron chi connectivity index (χ1n) is 1.97. The molecule has 3 heteroatoms. The maximum absolute atomic E-state index is 10.2. The van der Waals surface area contributed by atoms with Gasteiger partial charge in [-0.2, -0.15) is 0 Å². The van der Waals surface area contributed by atoms with Crippen molar-refractivity contribution in [1.29, 1.82) is 0 Å². The summed E-state index contributed by atoms with van der Waals surface area (Å²) in [5, 5.41) is 10.6. The van der Waals surface area contributed by atoms with Crippen LogP contribution in [0.5, 0.6) is 0 Å². The Hall–Kier alpha value is 0.650. The molecular weight excluding hydrogens is 193 g/mol. The monoisotopic (exact) mass is 199 g/mol. The molecule has 1 fully saturated rings. The Bertz CT molecular complexity index is 50.8. The molecule has 0 bridgehead atoms. The highest BCUT2D eigenvalue weighted by Gasteiger charge is 2.21. The lowest BCUT2D eigenvalue weighted by Crippen LogP contribution is -3.16. The van der Waals surface area contributed by atoms with Gasteiger partial charge in [0.2, 0.25) is 0 Å². The maximum Gasteiger partial charge on any atom is 0.143 e. The van der Waals surface area contributed by atoms with Gasteiger partial charge in [-0.05, 0) is 22.6 Å². The predicted octanol–water partition coefficient (Wildman–Crippen LogP) is -0.466. The molecular formula is C3H6INO. The molecule has 2 unspecified atom stereocenters. The Kier molecular flexibility index (Phi) is 1.31. The minimum atomic E-state index is 0.364. The molecule has 1 rings (SSSR count). The third-order valence-corrected chi connectivity index (χ3v) is 2.31. The summed E-state index contributed by atoms with van der Waals surface area (Å²) in [6, 6.07) is 0. The first-order valence-corrected chi connectivity index (χ1v) is 3.22. The summed E-state index contributed by atoms with van der Waals surface area (Å²) in [6.07, 6.45) is 1.11. The number of hydrogen-bond donors (Lipinski definition) is 1. The first-order chi connectivity index (χ1) is 2.80. The molecule has 0 aromatic rings. The Balaban J connectivity index is 2.20. The Morgan fingerprint density at radius 2 is 2.33 bits per heavy atom. The zero-order valence-corrected chi connectivity index (χ0v) is 5.44. The Labute approximate surface area is 50.2 Å². The van der Waals surface area contributed by atoms with Crippen LogP contribution in [0.2, 0.25) is 0 Å². The topological polar surface area (TPSA) is 27.5 Å². The zero-order chi connectivity index (χ0) is 4.57. The van der Waals surface area contributed by atoms with Gasteiger partial charge in [0.1, 0.15) is 4.05 Å². The van der Waals surface area contributed by atoms with E-state index in [1.165, 1.54) is 0 Å². The molecule has 2 nitrogen and oxygen atoms in total. The van der Waals surface area contributed by atoms with E-state index in [4.69, 9.17) is 0 Å². The number of alkyl halides is 1. The van der Waals surface area contributed by atoms with E-state index in [1.54, 1.807) is 0 Å². The fourth-order valence-electron chi connectivity index (χ4n) is 0.371. The SMILES string of the molecule is [O-][NH+]1CCC1I. The lowest BCUT2D eigenvalue weighted by atomic mass is 10.3. The number of hydroxylamine groups is 2. The van der Waals surface area contributed by atoms with E-state index in [0.717, 1.165) is 13.0 Å². The van der Waals surface area contributed by atoms with E-state index in [2.05, 4.69) is 22.6 Å². The highest BCUT2D eigenvalue weighted by molar-refractivity contribution is 14.1. The van der Waals surface area contributed by atoms with Gasteiger partial charge in [0, 0.05) is 0 Å².